The molecular weight excluding hydrogens is 1790 g/mol. The fourth-order valence-corrected chi connectivity index (χ4v) is 26.6. The van der Waals surface area contributed by atoms with Crippen molar-refractivity contribution < 1.29 is 51.1 Å². The van der Waals surface area contributed by atoms with Crippen molar-refractivity contribution in [1.29, 1.82) is 0 Å². The van der Waals surface area contributed by atoms with E-state index in [4.69, 9.17) is 0 Å². The van der Waals surface area contributed by atoms with Crippen LogP contribution in [0.25, 0.3) is 22.3 Å². The highest BCUT2D eigenvalue weighted by molar-refractivity contribution is 5.74. The highest BCUT2D eigenvalue weighted by atomic mass is 16.3. The van der Waals surface area contributed by atoms with Crippen LogP contribution in [0.1, 0.15) is 420 Å². The maximum absolute atomic E-state index is 10.8. The number of hydrogen-bond acceptors (Lipinski definition) is 10. The molecule has 0 saturated heterocycles. The summed E-state index contributed by atoms with van der Waals surface area (Å²) in [6.45, 7) is 16.4. The third-order valence-corrected chi connectivity index (χ3v) is 35.3. The van der Waals surface area contributed by atoms with E-state index in [0.29, 0.717) is 75.2 Å². The number of aromatic hydroxyl groups is 10. The minimum absolute atomic E-state index is 0.00643. The fraction of sp³-hybridized carbons (Fsp3) is 0.426. The van der Waals surface area contributed by atoms with E-state index in [-0.39, 0.29) is 38.9 Å². The van der Waals surface area contributed by atoms with Crippen LogP contribution in [0.4, 0.5) is 0 Å². The van der Waals surface area contributed by atoms with Crippen molar-refractivity contribution in [1.82, 2.24) is 0 Å². The molecule has 13 aromatic carbocycles. The monoisotopic (exact) mass is 1960 g/mol. The van der Waals surface area contributed by atoms with E-state index in [0.717, 1.165) is 126 Å². The van der Waals surface area contributed by atoms with Gasteiger partial charge in [-0.05, 0) is 343 Å². The summed E-state index contributed by atoms with van der Waals surface area (Å²) >= 11 is 0. The minimum Gasteiger partial charge on any atom is -0.508 e. The lowest BCUT2D eigenvalue weighted by Crippen LogP contribution is -2.31. The summed E-state index contributed by atoms with van der Waals surface area (Å²) in [7, 11) is 0. The number of rotatable bonds is 17. The highest BCUT2D eigenvalue weighted by Gasteiger charge is 2.46. The molecular formula is C136H164O10. The second-order valence-corrected chi connectivity index (χ2v) is 45.3. The van der Waals surface area contributed by atoms with Crippen LogP contribution < -0.4 is 0 Å². The smallest absolute Gasteiger partial charge is 0.123 e. The molecule has 13 aromatic rings. The van der Waals surface area contributed by atoms with Gasteiger partial charge in [-0.1, -0.05) is 388 Å². The summed E-state index contributed by atoms with van der Waals surface area (Å²) in [6.07, 6.45) is 49.1. The van der Waals surface area contributed by atoms with Gasteiger partial charge < -0.3 is 51.1 Å². The first-order valence-electron chi connectivity index (χ1n) is 56.1. The van der Waals surface area contributed by atoms with E-state index in [1.165, 1.54) is 259 Å². The molecule has 768 valence electrons. The van der Waals surface area contributed by atoms with E-state index >= 15 is 0 Å². The molecule has 7 fully saturated rings. The number of phenols is 10. The van der Waals surface area contributed by atoms with Gasteiger partial charge in [0.25, 0.3) is 0 Å². The minimum atomic E-state index is -0.130. The topological polar surface area (TPSA) is 202 Å². The second-order valence-electron chi connectivity index (χ2n) is 45.3. The van der Waals surface area contributed by atoms with Gasteiger partial charge in [-0.2, -0.15) is 0 Å². The van der Waals surface area contributed by atoms with Crippen molar-refractivity contribution in [3.63, 3.8) is 0 Å². The van der Waals surface area contributed by atoms with E-state index in [9.17, 15) is 51.1 Å². The molecule has 7 saturated carbocycles. The molecule has 0 aromatic heterocycles. The zero-order chi connectivity index (χ0) is 103. The van der Waals surface area contributed by atoms with Gasteiger partial charge in [-0.25, -0.2) is 0 Å². The van der Waals surface area contributed by atoms with Gasteiger partial charge >= 0.3 is 0 Å². The first kappa shape index (κ1) is 107. The Morgan fingerprint density at radius 1 is 0.199 bits per heavy atom. The van der Waals surface area contributed by atoms with Crippen LogP contribution in [0.2, 0.25) is 0 Å². The maximum Gasteiger partial charge on any atom is 0.123 e. The van der Waals surface area contributed by atoms with Crippen LogP contribution >= 0.6 is 0 Å². The summed E-state index contributed by atoms with van der Waals surface area (Å²) in [5, 5.41) is 104. The number of hydrogen-bond donors (Lipinski definition) is 10. The largest absolute Gasteiger partial charge is 0.508 e. The molecule has 0 amide bonds. The molecule has 0 radical (unpaired) electrons. The zero-order valence-electron chi connectivity index (χ0n) is 88.6. The predicted molar refractivity (Wildman–Crippen MR) is 602 cm³/mol. The third-order valence-electron chi connectivity index (χ3n) is 35.3. The number of aryl methyl sites for hydroxylation is 4. The molecule has 10 N–H and O–H groups in total. The first-order chi connectivity index (χ1) is 70.7. The molecule has 0 heterocycles. The van der Waals surface area contributed by atoms with E-state index in [2.05, 4.69) is 179 Å². The van der Waals surface area contributed by atoms with Crippen LogP contribution in [-0.2, 0) is 27.1 Å². The maximum atomic E-state index is 10.8. The molecule has 1 atom stereocenters. The SMILES string of the molecule is CC(C)c1cc(C2(c3ccc(O)c(C(C)C)c3)CCC(c3ccccc3)C2)ccc1O.Cc1cc(C2(c3ccc(O)c(C)c3)CCCCCCC2)ccc1O.Cc1cc(C2(c3ccc(O)c(C)c3)CCCCCCCCCCC2)ccc1O.Oc1ccc(C2(c3ccc(O)c(-c4ccccc4)c3)CCCC2)cc1-c1ccccc1.Oc1ccc(C2(c3ccc(O)c(C4CCCCC4)c3)CCCCC2)cc1C1CCCCC1. The molecule has 0 spiro atoms. The Labute approximate surface area is 872 Å². The Balaban J connectivity index is 0.000000131. The molecule has 0 bridgehead atoms. The lowest BCUT2D eigenvalue weighted by Gasteiger charge is -2.40. The predicted octanol–water partition coefficient (Wildman–Crippen LogP) is 36.4. The Bertz CT molecular complexity index is 6090. The number of benzene rings is 13. The molecule has 20 rings (SSSR count). The van der Waals surface area contributed by atoms with Crippen LogP contribution in [0, 0.1) is 27.7 Å². The normalized spacial score (nSPS) is 18.5. The molecule has 146 heavy (non-hydrogen) atoms. The summed E-state index contributed by atoms with van der Waals surface area (Å²) < 4.78 is 0. The van der Waals surface area contributed by atoms with E-state index < -0.39 is 0 Å². The van der Waals surface area contributed by atoms with Gasteiger partial charge in [0.15, 0.2) is 0 Å². The third kappa shape index (κ3) is 24.5. The van der Waals surface area contributed by atoms with Crippen molar-refractivity contribution in [3.05, 3.63) is 379 Å². The average molecular weight is 1960 g/mol. The molecule has 10 heteroatoms. The fourth-order valence-electron chi connectivity index (χ4n) is 26.6. The second kappa shape index (κ2) is 49.1. The molecule has 7 aliphatic rings. The Hall–Kier alpha value is -12.1. The molecule has 10 nitrogen and oxygen atoms in total. The van der Waals surface area contributed by atoms with Gasteiger partial charge in [-0.15, -0.1) is 0 Å². The quantitative estimate of drug-likeness (QED) is 0.0418. The lowest BCUT2D eigenvalue weighted by molar-refractivity contribution is 0.342. The van der Waals surface area contributed by atoms with Crippen molar-refractivity contribution in [2.24, 2.45) is 0 Å². The summed E-state index contributed by atoms with van der Waals surface area (Å²) in [5.41, 5.74) is 26.0. The summed E-state index contributed by atoms with van der Waals surface area (Å²) in [4.78, 5) is 0. The Kier molecular flexibility index (Phi) is 35.9. The van der Waals surface area contributed by atoms with Crippen LogP contribution in [0.15, 0.2) is 273 Å². The summed E-state index contributed by atoms with van der Waals surface area (Å²) in [6, 6.07) is 93.0. The van der Waals surface area contributed by atoms with Crippen molar-refractivity contribution in [3.8, 4) is 79.7 Å². The van der Waals surface area contributed by atoms with Crippen LogP contribution in [-0.4, -0.2) is 51.1 Å². The van der Waals surface area contributed by atoms with Gasteiger partial charge in [0, 0.05) is 38.2 Å². The lowest BCUT2D eigenvalue weighted by atomic mass is 9.64. The van der Waals surface area contributed by atoms with Crippen LogP contribution in [0.3, 0.4) is 0 Å². The molecule has 7 aliphatic carbocycles. The Morgan fingerprint density at radius 2 is 0.432 bits per heavy atom. The van der Waals surface area contributed by atoms with Gasteiger partial charge in [0.05, 0.1) is 0 Å². The van der Waals surface area contributed by atoms with Crippen molar-refractivity contribution in [2.75, 3.05) is 0 Å². The Morgan fingerprint density at radius 3 is 0.726 bits per heavy atom. The van der Waals surface area contributed by atoms with Crippen molar-refractivity contribution >= 4 is 0 Å². The molecule has 1 unspecified atom stereocenters. The van der Waals surface area contributed by atoms with Crippen LogP contribution in [0.5, 0.6) is 57.5 Å². The molecule has 0 aliphatic heterocycles. The van der Waals surface area contributed by atoms with Gasteiger partial charge in [0.1, 0.15) is 57.5 Å². The van der Waals surface area contributed by atoms with E-state index in [1.54, 1.807) is 0 Å². The van der Waals surface area contributed by atoms with Gasteiger partial charge in [-0.3, -0.25) is 0 Å². The van der Waals surface area contributed by atoms with Gasteiger partial charge in [0.2, 0.25) is 0 Å². The number of phenolic OH excluding ortho intramolecular Hbond substituents is 10. The summed E-state index contributed by atoms with van der Waals surface area (Å²) in [5.74, 6) is 5.81. The van der Waals surface area contributed by atoms with Crippen molar-refractivity contribution in [2.45, 2.75) is 369 Å². The highest BCUT2D eigenvalue weighted by Crippen LogP contribution is 2.58. The first-order valence-corrected chi connectivity index (χ1v) is 56.1. The standard InChI is InChI=1S/C30H40O2.C29H26O2.C29H34O2.C26H36O2.C22H28O2/c31-28-16-14-24(20-26(28)22-10-4-1-5-11-22)30(18-8-3-9-19-30)25-15-17-29(32)27(21-25)23-12-6-2-7-13-23;30-27-15-13-23(19-25(27)21-9-3-1-4-10-21)29(17-7-8-18-29)24-14-16-28(31)26(20-24)22-11-5-2-6-12-22;1-19(2)25-16-23(10-12-27(25)30)29(24-11-13-28(31)26(17-24)20(3)4)15-14-22(18-29)21-8-6-5-7-9-21;1-20-18-22(12-14-24(20)27)26(23-13-15-25(28)21(2)19-23)16-10-8-6-4-3-5-7-9-11-17-26;1-16-14-18(8-10-20(16)23)22(12-6-4-3-5-7-13-22)19-9-11-21(24)17(2)15-19/h14-17,20-23,31-32H,1-13,18-19H2;1-6,9-16,19-20,30-31H,7-8,17-18H2;5-13,16-17,19-20,22,30-31H,14-15,18H2,1-4H3;12-15,18-19,27-28H,3-11,16-17H2,1-2H3;8-11,14-15,23-24H,3-7,12-13H2,1-2H3. The zero-order valence-corrected chi connectivity index (χ0v) is 88.6. The average Bonchev–Trinajstić information content (AvgIpc) is 0.904. The van der Waals surface area contributed by atoms with E-state index in [1.807, 2.05) is 149 Å².